The van der Waals surface area contributed by atoms with Gasteiger partial charge in [0.15, 0.2) is 0 Å². The number of halogens is 2. The van der Waals surface area contributed by atoms with Crippen molar-refractivity contribution in [3.63, 3.8) is 0 Å². The molecule has 4 heteroatoms. The van der Waals surface area contributed by atoms with Gasteiger partial charge in [0.25, 0.3) is 0 Å². The molecule has 0 saturated heterocycles. The Hall–Kier alpha value is -0.350. The van der Waals surface area contributed by atoms with Crippen LogP contribution in [-0.4, -0.2) is 6.04 Å². The van der Waals surface area contributed by atoms with E-state index in [-0.39, 0.29) is 6.04 Å². The van der Waals surface area contributed by atoms with Gasteiger partial charge in [0.2, 0.25) is 0 Å². The second kappa shape index (κ2) is 7.44. The fourth-order valence-electron chi connectivity index (χ4n) is 2.55. The van der Waals surface area contributed by atoms with E-state index >= 15 is 0 Å². The summed E-state index contributed by atoms with van der Waals surface area (Å²) in [4.78, 5) is 0. The Balaban J connectivity index is 2.00. The molecule has 0 radical (unpaired) electrons. The minimum Gasteiger partial charge on any atom is -0.271 e. The van der Waals surface area contributed by atoms with Crippen molar-refractivity contribution >= 4 is 27.5 Å². The summed E-state index contributed by atoms with van der Waals surface area (Å²) in [5.41, 5.74) is 5.60. The average Bonchev–Trinajstić information content (AvgIpc) is 2.42. The average molecular weight is 344 g/mol. The predicted octanol–water partition coefficient (Wildman–Crippen LogP) is 4.37. The zero-order valence-electron chi connectivity index (χ0n) is 11.0. The first kappa shape index (κ1) is 15.0. The minimum atomic E-state index is 0.253. The maximum Gasteiger partial charge on any atom is 0.0449 e. The minimum absolute atomic E-state index is 0.253. The number of benzene rings is 1. The number of hydrogen-bond acceptors (Lipinski definition) is 2. The molecule has 0 spiro atoms. The third kappa shape index (κ3) is 4.60. The van der Waals surface area contributed by atoms with Gasteiger partial charge in [0.1, 0.15) is 0 Å². The molecule has 0 bridgehead atoms. The van der Waals surface area contributed by atoms with E-state index < -0.39 is 0 Å². The van der Waals surface area contributed by atoms with Gasteiger partial charge in [-0.2, -0.15) is 0 Å². The Kier molecular flexibility index (Phi) is 5.89. The van der Waals surface area contributed by atoms with Crippen LogP contribution < -0.4 is 11.3 Å². The highest BCUT2D eigenvalue weighted by Gasteiger charge is 2.14. The molecule has 0 fully saturated rings. The fourth-order valence-corrected chi connectivity index (χ4v) is 3.30. The van der Waals surface area contributed by atoms with Crippen molar-refractivity contribution in [3.8, 4) is 0 Å². The van der Waals surface area contributed by atoms with Gasteiger partial charge in [-0.1, -0.05) is 45.2 Å². The summed E-state index contributed by atoms with van der Waals surface area (Å²) < 4.78 is 1.01. The smallest absolute Gasteiger partial charge is 0.0449 e. The SMILES string of the molecule is NNC(CC1=CCCCC1)Cc1ccc(Br)cc1Cl. The molecule has 19 heavy (non-hydrogen) atoms. The molecule has 104 valence electrons. The molecule has 1 aliphatic rings. The molecule has 0 heterocycles. The fraction of sp³-hybridized carbons (Fsp3) is 0.467. The number of nitrogens with one attached hydrogen (secondary N) is 1. The lowest BCUT2D eigenvalue weighted by Gasteiger charge is -2.20. The highest BCUT2D eigenvalue weighted by Crippen LogP contribution is 2.25. The quantitative estimate of drug-likeness (QED) is 0.473. The van der Waals surface area contributed by atoms with E-state index in [1.54, 1.807) is 0 Å². The molecule has 2 nitrogen and oxygen atoms in total. The lowest BCUT2D eigenvalue weighted by atomic mass is 9.92. The molecule has 1 aliphatic carbocycles. The highest BCUT2D eigenvalue weighted by atomic mass is 79.9. The summed E-state index contributed by atoms with van der Waals surface area (Å²) in [7, 11) is 0. The molecule has 2 rings (SSSR count). The summed E-state index contributed by atoms with van der Waals surface area (Å²) in [6.07, 6.45) is 9.31. The third-order valence-electron chi connectivity index (χ3n) is 3.61. The zero-order chi connectivity index (χ0) is 13.7. The van der Waals surface area contributed by atoms with Crippen LogP contribution in [0.15, 0.2) is 34.3 Å². The van der Waals surface area contributed by atoms with Gasteiger partial charge in [-0.15, -0.1) is 0 Å². The Bertz CT molecular complexity index is 459. The lowest BCUT2D eigenvalue weighted by Crippen LogP contribution is -2.37. The Morgan fingerprint density at radius 1 is 1.32 bits per heavy atom. The topological polar surface area (TPSA) is 38.0 Å². The van der Waals surface area contributed by atoms with E-state index in [1.807, 2.05) is 12.1 Å². The Labute approximate surface area is 128 Å². The number of hydrazine groups is 1. The summed E-state index contributed by atoms with van der Waals surface area (Å²) in [5, 5.41) is 0.798. The van der Waals surface area contributed by atoms with Crippen LogP contribution in [0.5, 0.6) is 0 Å². The van der Waals surface area contributed by atoms with Gasteiger partial charge >= 0.3 is 0 Å². The lowest BCUT2D eigenvalue weighted by molar-refractivity contribution is 0.505. The molecule has 0 aliphatic heterocycles. The van der Waals surface area contributed by atoms with Gasteiger partial charge in [-0.3, -0.25) is 11.3 Å². The van der Waals surface area contributed by atoms with Crippen LogP contribution in [0.25, 0.3) is 0 Å². The second-order valence-corrected chi connectivity index (χ2v) is 6.44. The molecule has 3 N–H and O–H groups in total. The van der Waals surface area contributed by atoms with E-state index in [1.165, 1.54) is 31.3 Å². The van der Waals surface area contributed by atoms with Crippen molar-refractivity contribution in [2.45, 2.75) is 44.6 Å². The summed E-state index contributed by atoms with van der Waals surface area (Å²) >= 11 is 9.69. The number of rotatable bonds is 5. The van der Waals surface area contributed by atoms with Crippen molar-refractivity contribution in [1.82, 2.24) is 5.43 Å². The first-order valence-electron chi connectivity index (χ1n) is 6.77. The van der Waals surface area contributed by atoms with Crippen LogP contribution in [0.2, 0.25) is 5.02 Å². The molecule has 1 aromatic rings. The van der Waals surface area contributed by atoms with Crippen LogP contribution in [0.4, 0.5) is 0 Å². The monoisotopic (exact) mass is 342 g/mol. The van der Waals surface area contributed by atoms with Gasteiger partial charge in [0, 0.05) is 15.5 Å². The maximum absolute atomic E-state index is 6.26. The van der Waals surface area contributed by atoms with Gasteiger partial charge < -0.3 is 0 Å². The van der Waals surface area contributed by atoms with E-state index in [4.69, 9.17) is 17.4 Å². The Morgan fingerprint density at radius 3 is 2.79 bits per heavy atom. The first-order chi connectivity index (χ1) is 9.19. The summed E-state index contributed by atoms with van der Waals surface area (Å²) in [6, 6.07) is 6.27. The van der Waals surface area contributed by atoms with Crippen molar-refractivity contribution < 1.29 is 0 Å². The van der Waals surface area contributed by atoms with Crippen LogP contribution >= 0.6 is 27.5 Å². The summed E-state index contributed by atoms with van der Waals surface area (Å²) in [5.74, 6) is 5.69. The molecule has 1 aromatic carbocycles. The number of allylic oxidation sites excluding steroid dienone is 1. The van der Waals surface area contributed by atoms with Gasteiger partial charge in [0.05, 0.1) is 0 Å². The van der Waals surface area contributed by atoms with Crippen LogP contribution in [0.3, 0.4) is 0 Å². The zero-order valence-corrected chi connectivity index (χ0v) is 13.3. The predicted molar refractivity (Wildman–Crippen MR) is 85.1 cm³/mol. The van der Waals surface area contributed by atoms with E-state index in [9.17, 15) is 0 Å². The highest BCUT2D eigenvalue weighted by molar-refractivity contribution is 9.10. The van der Waals surface area contributed by atoms with Gasteiger partial charge in [-0.05, 0) is 56.2 Å². The van der Waals surface area contributed by atoms with Crippen molar-refractivity contribution in [3.05, 3.63) is 44.9 Å². The number of hydrogen-bond donors (Lipinski definition) is 2. The van der Waals surface area contributed by atoms with E-state index in [2.05, 4.69) is 33.5 Å². The molecule has 0 aromatic heterocycles. The van der Waals surface area contributed by atoms with E-state index in [0.29, 0.717) is 0 Å². The molecular formula is C15H20BrClN2. The molecule has 1 atom stereocenters. The normalized spacial score (nSPS) is 17.1. The molecule has 1 unspecified atom stereocenters. The van der Waals surface area contributed by atoms with Crippen LogP contribution in [0, 0.1) is 0 Å². The first-order valence-corrected chi connectivity index (χ1v) is 7.94. The van der Waals surface area contributed by atoms with Crippen molar-refractivity contribution in [2.75, 3.05) is 0 Å². The van der Waals surface area contributed by atoms with Crippen molar-refractivity contribution in [2.24, 2.45) is 5.84 Å². The summed E-state index contributed by atoms with van der Waals surface area (Å²) in [6.45, 7) is 0. The maximum atomic E-state index is 6.26. The second-order valence-electron chi connectivity index (χ2n) is 5.12. The van der Waals surface area contributed by atoms with E-state index in [0.717, 1.165) is 27.9 Å². The Morgan fingerprint density at radius 2 is 2.16 bits per heavy atom. The largest absolute Gasteiger partial charge is 0.271 e. The van der Waals surface area contributed by atoms with Crippen LogP contribution in [-0.2, 0) is 6.42 Å². The van der Waals surface area contributed by atoms with Gasteiger partial charge in [-0.25, -0.2) is 0 Å². The van der Waals surface area contributed by atoms with Crippen LogP contribution in [0.1, 0.15) is 37.7 Å². The van der Waals surface area contributed by atoms with Crippen molar-refractivity contribution in [1.29, 1.82) is 0 Å². The molecular weight excluding hydrogens is 324 g/mol. The molecule has 0 saturated carbocycles. The molecule has 0 amide bonds. The third-order valence-corrected chi connectivity index (χ3v) is 4.46. The number of nitrogens with two attached hydrogens (primary N) is 1. The standard InChI is InChI=1S/C15H20BrClN2/c16-13-7-6-12(15(17)10-13)9-14(19-18)8-11-4-2-1-3-5-11/h4,6-7,10,14,19H,1-3,5,8-9,18H2.